The van der Waals surface area contributed by atoms with Gasteiger partial charge in [-0.1, -0.05) is 158 Å². The van der Waals surface area contributed by atoms with Crippen LogP contribution in [0.4, 0.5) is 51.2 Å². The molecule has 0 unspecified atom stereocenters. The average molecular weight is 892 g/mol. The highest BCUT2D eigenvalue weighted by molar-refractivity contribution is 7.26. The van der Waals surface area contributed by atoms with E-state index >= 15 is 0 Å². The number of para-hydroxylation sites is 2. The van der Waals surface area contributed by atoms with E-state index in [2.05, 4.69) is 263 Å². The third-order valence-electron chi connectivity index (χ3n) is 12.9. The lowest BCUT2D eigenvalue weighted by Crippen LogP contribution is -2.16. The summed E-state index contributed by atoms with van der Waals surface area (Å²) >= 11 is 3.72. The zero-order valence-corrected chi connectivity index (χ0v) is 38.0. The van der Waals surface area contributed by atoms with Crippen molar-refractivity contribution in [2.24, 2.45) is 0 Å². The van der Waals surface area contributed by atoms with Crippen molar-refractivity contribution in [1.29, 1.82) is 0 Å². The van der Waals surface area contributed by atoms with Crippen molar-refractivity contribution in [3.8, 4) is 0 Å². The minimum atomic E-state index is 1.03. The first-order valence-electron chi connectivity index (χ1n) is 22.7. The smallest absolute Gasteiger partial charge is 0.0640 e. The minimum absolute atomic E-state index is 1.03. The lowest BCUT2D eigenvalue weighted by molar-refractivity contribution is 1.24. The van der Waals surface area contributed by atoms with Gasteiger partial charge in [-0.2, -0.15) is 0 Å². The Morgan fingerprint density at radius 2 is 0.627 bits per heavy atom. The van der Waals surface area contributed by atoms with Gasteiger partial charge in [0.2, 0.25) is 0 Å². The molecule has 13 rings (SSSR count). The zero-order valence-electron chi connectivity index (χ0n) is 36.3. The van der Waals surface area contributed by atoms with Gasteiger partial charge in [0, 0.05) is 63.5 Å². The van der Waals surface area contributed by atoms with Gasteiger partial charge in [-0.05, 0) is 102 Å². The fourth-order valence-electron chi connectivity index (χ4n) is 9.97. The Morgan fingerprint density at radius 1 is 0.224 bits per heavy atom. The predicted molar refractivity (Wildman–Crippen MR) is 291 cm³/mol. The fraction of sp³-hybridized carbons (Fsp3) is 0. The van der Waals surface area contributed by atoms with Gasteiger partial charge in [0.05, 0.1) is 38.8 Å². The highest BCUT2D eigenvalue weighted by Crippen LogP contribution is 2.51. The van der Waals surface area contributed by atoms with Gasteiger partial charge < -0.3 is 14.7 Å². The van der Waals surface area contributed by atoms with Crippen molar-refractivity contribution >= 4 is 136 Å². The van der Waals surface area contributed by atoms with Crippen LogP contribution in [-0.4, -0.2) is 0 Å². The number of fused-ring (bicyclic) bond motifs is 8. The molecule has 0 bridgehead atoms. The molecule has 67 heavy (non-hydrogen) atoms. The van der Waals surface area contributed by atoms with E-state index in [0.717, 1.165) is 51.2 Å². The molecule has 13 aromatic rings. The molecule has 0 aliphatic rings. The van der Waals surface area contributed by atoms with Crippen LogP contribution < -0.4 is 14.7 Å². The molecule has 0 saturated heterocycles. The fourth-order valence-corrected chi connectivity index (χ4v) is 12.3. The van der Waals surface area contributed by atoms with Gasteiger partial charge in [-0.3, -0.25) is 0 Å². The second-order valence-corrected chi connectivity index (χ2v) is 19.0. The van der Waals surface area contributed by atoms with E-state index in [9.17, 15) is 0 Å². The Labute approximate surface area is 396 Å². The van der Waals surface area contributed by atoms with Gasteiger partial charge in [0.1, 0.15) is 0 Å². The monoisotopic (exact) mass is 891 g/mol. The molecule has 0 N–H and O–H groups in total. The Balaban J connectivity index is 1.16. The number of rotatable bonds is 9. The Morgan fingerprint density at radius 3 is 1.21 bits per heavy atom. The van der Waals surface area contributed by atoms with E-state index < -0.39 is 0 Å². The summed E-state index contributed by atoms with van der Waals surface area (Å²) in [6, 6.07) is 91.0. The third-order valence-corrected chi connectivity index (χ3v) is 15.3. The third kappa shape index (κ3) is 6.78. The van der Waals surface area contributed by atoms with Crippen LogP contribution in [0.2, 0.25) is 0 Å². The molecule has 0 fully saturated rings. The summed E-state index contributed by atoms with van der Waals surface area (Å²) in [6.07, 6.45) is 0. The molecular weight excluding hydrogens is 851 g/mol. The Hall–Kier alpha value is -8.22. The van der Waals surface area contributed by atoms with Crippen molar-refractivity contribution < 1.29 is 0 Å². The molecule has 0 spiro atoms. The summed E-state index contributed by atoms with van der Waals surface area (Å²) < 4.78 is 5.08. The van der Waals surface area contributed by atoms with Crippen LogP contribution in [-0.2, 0) is 0 Å². The van der Waals surface area contributed by atoms with E-state index in [0.29, 0.717) is 0 Å². The zero-order chi connectivity index (χ0) is 44.3. The normalized spacial score (nSPS) is 11.6. The van der Waals surface area contributed by atoms with Crippen molar-refractivity contribution in [2.45, 2.75) is 0 Å². The molecule has 5 heteroatoms. The standard InChI is InChI=1S/C62H41N3S2/c1-3-22-44(23-4-1)63(56-31-15-20-42-18-7-9-26-50(42)56)47-38-48(64(45-24-5-2-6-25-45)57-32-16-21-43-19-8-10-27-51(43)57)40-49(39-47)65(46-36-37-61-55(41-46)53-29-12-13-34-59(53)66-61)58-33-17-30-54-52-28-11-14-35-60(52)67-62(54)58/h1-41H. The molecule has 0 aliphatic carbocycles. The van der Waals surface area contributed by atoms with Crippen LogP contribution in [0.15, 0.2) is 249 Å². The van der Waals surface area contributed by atoms with Crippen LogP contribution in [0.5, 0.6) is 0 Å². The number of benzene rings is 11. The number of hydrogen-bond donors (Lipinski definition) is 0. The SMILES string of the molecule is c1ccc(N(c2cc(N(c3ccccc3)c3cccc4ccccc34)cc(N(c3ccc4sc5ccccc5c4c3)c3cccc4c3sc3ccccc34)c2)c2cccc3ccccc23)cc1. The molecule has 3 nitrogen and oxygen atoms in total. The largest absolute Gasteiger partial charge is 0.310 e. The van der Waals surface area contributed by atoms with Crippen molar-refractivity contribution in [3.05, 3.63) is 249 Å². The second kappa shape index (κ2) is 16.3. The summed E-state index contributed by atoms with van der Waals surface area (Å²) in [5.74, 6) is 0. The topological polar surface area (TPSA) is 9.72 Å². The number of hydrogen-bond acceptors (Lipinski definition) is 5. The molecule has 0 saturated carbocycles. The molecule has 0 aliphatic heterocycles. The van der Waals surface area contributed by atoms with Crippen molar-refractivity contribution in [3.63, 3.8) is 0 Å². The molecular formula is C62H41N3S2. The van der Waals surface area contributed by atoms with E-state index in [1.165, 1.54) is 61.9 Å². The Bertz CT molecular complexity index is 3820. The summed E-state index contributed by atoms with van der Waals surface area (Å²) in [5.41, 5.74) is 9.69. The van der Waals surface area contributed by atoms with Gasteiger partial charge in [0.25, 0.3) is 0 Å². The van der Waals surface area contributed by atoms with Gasteiger partial charge >= 0.3 is 0 Å². The van der Waals surface area contributed by atoms with Gasteiger partial charge in [-0.15, -0.1) is 22.7 Å². The van der Waals surface area contributed by atoms with Crippen LogP contribution in [0.3, 0.4) is 0 Å². The average Bonchev–Trinajstić information content (AvgIpc) is 3.96. The van der Waals surface area contributed by atoms with Crippen LogP contribution in [0, 0.1) is 0 Å². The van der Waals surface area contributed by atoms with E-state index in [-0.39, 0.29) is 0 Å². The highest BCUT2D eigenvalue weighted by Gasteiger charge is 2.25. The quantitative estimate of drug-likeness (QED) is 0.143. The minimum Gasteiger partial charge on any atom is -0.310 e. The van der Waals surface area contributed by atoms with Crippen molar-refractivity contribution in [2.75, 3.05) is 14.7 Å². The molecule has 316 valence electrons. The molecule has 11 aromatic carbocycles. The number of anilines is 9. The van der Waals surface area contributed by atoms with E-state index in [1.54, 1.807) is 0 Å². The second-order valence-electron chi connectivity index (χ2n) is 16.9. The first-order valence-corrected chi connectivity index (χ1v) is 24.3. The maximum Gasteiger partial charge on any atom is 0.0640 e. The maximum atomic E-state index is 2.51. The number of nitrogens with zero attached hydrogens (tertiary/aromatic N) is 3. The van der Waals surface area contributed by atoms with Crippen LogP contribution in [0.1, 0.15) is 0 Å². The van der Waals surface area contributed by atoms with Gasteiger partial charge in [0.15, 0.2) is 0 Å². The first kappa shape index (κ1) is 39.2. The predicted octanol–water partition coefficient (Wildman–Crippen LogP) is 19.1. The summed E-state index contributed by atoms with van der Waals surface area (Å²) in [4.78, 5) is 7.39. The summed E-state index contributed by atoms with van der Waals surface area (Å²) in [6.45, 7) is 0. The Kier molecular flexibility index (Phi) is 9.55. The van der Waals surface area contributed by atoms with E-state index in [1.807, 2.05) is 22.7 Å². The lowest BCUT2D eigenvalue weighted by atomic mass is 10.0. The van der Waals surface area contributed by atoms with Crippen molar-refractivity contribution in [1.82, 2.24) is 0 Å². The summed E-state index contributed by atoms with van der Waals surface area (Å²) in [5, 5.41) is 9.79. The highest BCUT2D eigenvalue weighted by atomic mass is 32.1. The first-order chi connectivity index (χ1) is 33.2. The molecule has 0 atom stereocenters. The molecule has 0 amide bonds. The molecule has 2 aromatic heterocycles. The molecule has 0 radical (unpaired) electrons. The van der Waals surface area contributed by atoms with Gasteiger partial charge in [-0.25, -0.2) is 0 Å². The molecule has 2 heterocycles. The van der Waals surface area contributed by atoms with Crippen LogP contribution in [0.25, 0.3) is 61.9 Å². The lowest BCUT2D eigenvalue weighted by Gasteiger charge is -2.33. The van der Waals surface area contributed by atoms with E-state index in [4.69, 9.17) is 0 Å². The maximum absolute atomic E-state index is 2.51. The number of thiophene rings is 2. The van der Waals surface area contributed by atoms with Crippen LogP contribution >= 0.6 is 22.7 Å². The summed E-state index contributed by atoms with van der Waals surface area (Å²) in [7, 11) is 0.